The number of para-hydroxylation sites is 1. The van der Waals surface area contributed by atoms with Gasteiger partial charge in [0.1, 0.15) is 11.3 Å². The second-order valence-electron chi connectivity index (χ2n) is 8.62. The summed E-state index contributed by atoms with van der Waals surface area (Å²) in [6.07, 6.45) is 1.89. The molecule has 1 atom stereocenters. The van der Waals surface area contributed by atoms with Crippen LogP contribution < -0.4 is 15.0 Å². The highest BCUT2D eigenvalue weighted by Crippen LogP contribution is 2.33. The molecule has 0 saturated carbocycles. The highest BCUT2D eigenvalue weighted by atomic mass is 16.6. The van der Waals surface area contributed by atoms with Crippen LogP contribution in [0, 0.1) is 10.1 Å². The number of ether oxygens (including phenoxy) is 2. The van der Waals surface area contributed by atoms with E-state index in [1.807, 2.05) is 19.9 Å². The minimum atomic E-state index is -0.508. The summed E-state index contributed by atoms with van der Waals surface area (Å²) in [6, 6.07) is 18.6. The Morgan fingerprint density at radius 2 is 1.92 bits per heavy atom. The fourth-order valence-corrected chi connectivity index (χ4v) is 3.99. The summed E-state index contributed by atoms with van der Waals surface area (Å²) >= 11 is 0. The van der Waals surface area contributed by atoms with Crippen LogP contribution in [0.25, 0.3) is 33.5 Å². The number of methoxy groups -OCH3 is 1. The molecule has 3 aromatic carbocycles. The van der Waals surface area contributed by atoms with Crippen LogP contribution in [-0.4, -0.2) is 34.0 Å². The summed E-state index contributed by atoms with van der Waals surface area (Å²) in [5.41, 5.74) is 0.840. The van der Waals surface area contributed by atoms with E-state index in [4.69, 9.17) is 13.9 Å². The first-order chi connectivity index (χ1) is 18.4. The number of rotatable bonds is 8. The lowest BCUT2D eigenvalue weighted by Crippen LogP contribution is -2.20. The molecule has 0 amide bonds. The van der Waals surface area contributed by atoms with Gasteiger partial charge in [0.05, 0.1) is 40.6 Å². The summed E-state index contributed by atoms with van der Waals surface area (Å²) in [7, 11) is 1.56. The number of hydrogen-bond donors (Lipinski definition) is 0. The molecule has 0 radical (unpaired) electrons. The van der Waals surface area contributed by atoms with E-state index in [1.54, 1.807) is 55.6 Å². The van der Waals surface area contributed by atoms with Crippen LogP contribution in [0.5, 0.6) is 11.5 Å². The summed E-state index contributed by atoms with van der Waals surface area (Å²) in [4.78, 5) is 29.3. The standard InChI is InChI=1S/C28H24N4O6/c1-4-17(2)37-25-13-12-18(14-22(25)32(34)35)16-29-31-27(30-21-9-6-5-8-19(21)28(31)33)26-15-20-23(36-3)10-7-11-24(20)38-26/h5-17H,4H2,1-3H3/t17-/m0/s1. The van der Waals surface area contributed by atoms with Crippen molar-refractivity contribution in [3.8, 4) is 23.1 Å². The predicted octanol–water partition coefficient (Wildman–Crippen LogP) is 5.79. The van der Waals surface area contributed by atoms with Gasteiger partial charge < -0.3 is 13.9 Å². The van der Waals surface area contributed by atoms with E-state index in [0.29, 0.717) is 40.0 Å². The molecule has 0 fully saturated rings. The Bertz CT molecular complexity index is 1750. The fourth-order valence-electron chi connectivity index (χ4n) is 3.99. The highest BCUT2D eigenvalue weighted by Gasteiger charge is 2.19. The van der Waals surface area contributed by atoms with Gasteiger partial charge in [-0.1, -0.05) is 25.1 Å². The molecule has 5 rings (SSSR count). The van der Waals surface area contributed by atoms with Crippen LogP contribution in [-0.2, 0) is 0 Å². The van der Waals surface area contributed by atoms with Crippen LogP contribution in [0.1, 0.15) is 25.8 Å². The van der Waals surface area contributed by atoms with Crippen molar-refractivity contribution in [2.75, 3.05) is 7.11 Å². The molecular formula is C28H24N4O6. The van der Waals surface area contributed by atoms with Crippen molar-refractivity contribution in [1.29, 1.82) is 0 Å². The van der Waals surface area contributed by atoms with Gasteiger partial charge in [0.2, 0.25) is 5.82 Å². The van der Waals surface area contributed by atoms with Crippen molar-refractivity contribution in [1.82, 2.24) is 9.66 Å². The number of nitro groups is 1. The molecule has 2 heterocycles. The minimum Gasteiger partial charge on any atom is -0.496 e. The first-order valence-electron chi connectivity index (χ1n) is 12.0. The average molecular weight is 513 g/mol. The van der Waals surface area contributed by atoms with E-state index in [2.05, 4.69) is 10.1 Å². The fraction of sp³-hybridized carbons (Fsp3) is 0.179. The first-order valence-corrected chi connectivity index (χ1v) is 12.0. The minimum absolute atomic E-state index is 0.169. The maximum atomic E-state index is 13.5. The summed E-state index contributed by atoms with van der Waals surface area (Å²) in [6.45, 7) is 3.77. The second kappa shape index (κ2) is 10.2. The van der Waals surface area contributed by atoms with Crippen LogP contribution in [0.2, 0.25) is 0 Å². The first kappa shape index (κ1) is 24.7. The largest absolute Gasteiger partial charge is 0.496 e. The monoisotopic (exact) mass is 512 g/mol. The normalized spacial score (nSPS) is 12.3. The van der Waals surface area contributed by atoms with Crippen molar-refractivity contribution < 1.29 is 18.8 Å². The van der Waals surface area contributed by atoms with Gasteiger partial charge in [-0.15, -0.1) is 0 Å². The molecule has 0 aliphatic heterocycles. The summed E-state index contributed by atoms with van der Waals surface area (Å²) < 4.78 is 18.3. The molecule has 5 aromatic rings. The second-order valence-corrected chi connectivity index (χ2v) is 8.62. The topological polar surface area (TPSA) is 122 Å². The number of furan rings is 1. The van der Waals surface area contributed by atoms with E-state index in [-0.39, 0.29) is 23.4 Å². The summed E-state index contributed by atoms with van der Waals surface area (Å²) in [5, 5.41) is 17.2. The molecule has 192 valence electrons. The molecular weight excluding hydrogens is 488 g/mol. The maximum absolute atomic E-state index is 13.5. The molecule has 0 unspecified atom stereocenters. The number of fused-ring (bicyclic) bond motifs is 2. The van der Waals surface area contributed by atoms with Gasteiger partial charge in [-0.05, 0) is 55.8 Å². The Balaban J connectivity index is 1.64. The number of nitrogens with zero attached hydrogens (tertiary/aromatic N) is 4. The zero-order valence-electron chi connectivity index (χ0n) is 21.0. The van der Waals surface area contributed by atoms with E-state index in [9.17, 15) is 14.9 Å². The van der Waals surface area contributed by atoms with Crippen molar-refractivity contribution in [2.45, 2.75) is 26.4 Å². The number of nitro benzene ring substituents is 1. The van der Waals surface area contributed by atoms with E-state index < -0.39 is 10.5 Å². The van der Waals surface area contributed by atoms with Gasteiger partial charge in [0, 0.05) is 11.6 Å². The lowest BCUT2D eigenvalue weighted by Gasteiger charge is -2.12. The van der Waals surface area contributed by atoms with Crippen LogP contribution in [0.4, 0.5) is 5.69 Å². The van der Waals surface area contributed by atoms with E-state index >= 15 is 0 Å². The van der Waals surface area contributed by atoms with Gasteiger partial charge in [0.15, 0.2) is 11.5 Å². The maximum Gasteiger partial charge on any atom is 0.311 e. The van der Waals surface area contributed by atoms with Gasteiger partial charge in [-0.25, -0.2) is 4.98 Å². The quantitative estimate of drug-likeness (QED) is 0.147. The zero-order valence-corrected chi connectivity index (χ0v) is 21.0. The van der Waals surface area contributed by atoms with Crippen molar-refractivity contribution in [3.63, 3.8) is 0 Å². The lowest BCUT2D eigenvalue weighted by atomic mass is 10.2. The summed E-state index contributed by atoms with van der Waals surface area (Å²) in [5.74, 6) is 1.27. The third kappa shape index (κ3) is 4.59. The molecule has 0 saturated heterocycles. The van der Waals surface area contributed by atoms with E-state index in [1.165, 1.54) is 18.3 Å². The Hall–Kier alpha value is -4.99. The lowest BCUT2D eigenvalue weighted by molar-refractivity contribution is -0.386. The third-order valence-corrected chi connectivity index (χ3v) is 6.12. The van der Waals surface area contributed by atoms with Gasteiger partial charge in [-0.2, -0.15) is 9.78 Å². The Morgan fingerprint density at radius 3 is 2.68 bits per heavy atom. The number of benzene rings is 3. The van der Waals surface area contributed by atoms with Crippen LogP contribution in [0.15, 0.2) is 81.0 Å². The van der Waals surface area contributed by atoms with Crippen LogP contribution in [0.3, 0.4) is 0 Å². The zero-order chi connectivity index (χ0) is 26.8. The number of aromatic nitrogens is 2. The average Bonchev–Trinajstić information content (AvgIpc) is 3.37. The third-order valence-electron chi connectivity index (χ3n) is 6.12. The van der Waals surface area contributed by atoms with Crippen LogP contribution >= 0.6 is 0 Å². The molecule has 0 bridgehead atoms. The van der Waals surface area contributed by atoms with E-state index in [0.717, 1.165) is 10.1 Å². The SMILES string of the molecule is CC[C@H](C)Oc1ccc(C=Nn2c(-c3cc4c(OC)cccc4o3)nc3ccccc3c2=O)cc1[N+](=O)[O-]. The van der Waals surface area contributed by atoms with Crippen molar-refractivity contribution in [3.05, 3.63) is 92.8 Å². The van der Waals surface area contributed by atoms with Gasteiger partial charge >= 0.3 is 5.69 Å². The van der Waals surface area contributed by atoms with Gasteiger partial charge in [-0.3, -0.25) is 14.9 Å². The predicted molar refractivity (Wildman–Crippen MR) is 144 cm³/mol. The Morgan fingerprint density at radius 1 is 1.11 bits per heavy atom. The Kier molecular flexibility index (Phi) is 6.61. The molecule has 0 aliphatic rings. The molecule has 10 heteroatoms. The smallest absolute Gasteiger partial charge is 0.311 e. The molecule has 0 aliphatic carbocycles. The Labute approximate surface area is 216 Å². The van der Waals surface area contributed by atoms with Crippen molar-refractivity contribution >= 4 is 33.8 Å². The highest BCUT2D eigenvalue weighted by molar-refractivity contribution is 5.88. The van der Waals surface area contributed by atoms with Crippen molar-refractivity contribution in [2.24, 2.45) is 5.10 Å². The molecule has 10 nitrogen and oxygen atoms in total. The molecule has 2 aromatic heterocycles. The molecule has 0 spiro atoms. The van der Waals surface area contributed by atoms with Gasteiger partial charge in [0.25, 0.3) is 5.56 Å². The number of hydrogen-bond acceptors (Lipinski definition) is 8. The molecule has 0 N–H and O–H groups in total. The molecule has 38 heavy (non-hydrogen) atoms.